The molecule has 0 saturated carbocycles. The molecule has 0 spiro atoms. The van der Waals surface area contributed by atoms with Crippen molar-refractivity contribution in [2.45, 2.75) is 52.4 Å². The van der Waals surface area contributed by atoms with Crippen LogP contribution in [0.1, 0.15) is 49.8 Å². The highest BCUT2D eigenvalue weighted by atomic mass is 14.9. The fourth-order valence-electron chi connectivity index (χ4n) is 1.82. The lowest BCUT2D eigenvalue weighted by atomic mass is 10.1. The van der Waals surface area contributed by atoms with Crippen LogP contribution >= 0.6 is 0 Å². The summed E-state index contributed by atoms with van der Waals surface area (Å²) in [6.07, 6.45) is 6.98. The van der Waals surface area contributed by atoms with Crippen LogP contribution in [0.15, 0.2) is 0 Å². The van der Waals surface area contributed by atoms with E-state index in [2.05, 4.69) is 23.8 Å². The third-order valence-electron chi connectivity index (χ3n) is 2.74. The highest BCUT2D eigenvalue weighted by Gasteiger charge is 2.03. The van der Waals surface area contributed by atoms with Crippen LogP contribution in [0, 0.1) is 6.92 Å². The molecule has 1 heterocycles. The number of imidazole rings is 1. The fourth-order valence-corrected chi connectivity index (χ4v) is 1.82. The Hall–Kier alpha value is -0.830. The molecular weight excluding hydrogens is 186 g/mol. The van der Waals surface area contributed by atoms with Crippen molar-refractivity contribution in [2.75, 3.05) is 6.54 Å². The van der Waals surface area contributed by atoms with E-state index in [0.717, 1.165) is 31.6 Å². The van der Waals surface area contributed by atoms with Gasteiger partial charge in [-0.05, 0) is 32.7 Å². The molecule has 0 unspecified atom stereocenters. The number of H-pyrrole nitrogens is 1. The third-order valence-corrected chi connectivity index (χ3v) is 2.74. The summed E-state index contributed by atoms with van der Waals surface area (Å²) in [5.41, 5.74) is 7.89. The Morgan fingerprint density at radius 3 is 2.53 bits per heavy atom. The van der Waals surface area contributed by atoms with Crippen molar-refractivity contribution in [1.29, 1.82) is 0 Å². The Morgan fingerprint density at radius 1 is 1.20 bits per heavy atom. The molecule has 3 nitrogen and oxygen atoms in total. The Kier molecular flexibility index (Phi) is 5.40. The minimum absolute atomic E-state index is 0.819. The Balaban J connectivity index is 2.25. The standard InChI is InChI=1S/C12H23N3/c1-3-11-10(2)14-12(15-11)8-6-4-5-7-9-13/h3-9,13H2,1-2H3,(H,14,15). The topological polar surface area (TPSA) is 54.7 Å². The number of hydrogen-bond acceptors (Lipinski definition) is 2. The first-order valence-electron chi connectivity index (χ1n) is 6.02. The van der Waals surface area contributed by atoms with Crippen molar-refractivity contribution in [3.05, 3.63) is 17.2 Å². The maximum Gasteiger partial charge on any atom is 0.106 e. The van der Waals surface area contributed by atoms with Crippen molar-refractivity contribution in [3.8, 4) is 0 Å². The molecule has 0 aliphatic rings. The number of nitrogens with zero attached hydrogens (tertiary/aromatic N) is 1. The van der Waals surface area contributed by atoms with Crippen molar-refractivity contribution in [2.24, 2.45) is 5.73 Å². The molecule has 3 heteroatoms. The van der Waals surface area contributed by atoms with Gasteiger partial charge in [0, 0.05) is 12.1 Å². The molecule has 0 atom stereocenters. The number of aryl methyl sites for hydroxylation is 3. The largest absolute Gasteiger partial charge is 0.346 e. The second-order valence-electron chi connectivity index (χ2n) is 4.06. The monoisotopic (exact) mass is 209 g/mol. The van der Waals surface area contributed by atoms with Crippen LogP contribution in [-0.2, 0) is 12.8 Å². The lowest BCUT2D eigenvalue weighted by Gasteiger charge is -1.97. The van der Waals surface area contributed by atoms with E-state index in [4.69, 9.17) is 5.73 Å². The zero-order valence-corrected chi connectivity index (χ0v) is 9.97. The second-order valence-corrected chi connectivity index (χ2v) is 4.06. The van der Waals surface area contributed by atoms with Gasteiger partial charge >= 0.3 is 0 Å². The predicted molar refractivity (Wildman–Crippen MR) is 63.9 cm³/mol. The highest BCUT2D eigenvalue weighted by molar-refractivity contribution is 5.12. The van der Waals surface area contributed by atoms with Crippen molar-refractivity contribution < 1.29 is 0 Å². The number of aromatic nitrogens is 2. The van der Waals surface area contributed by atoms with E-state index in [-0.39, 0.29) is 0 Å². The van der Waals surface area contributed by atoms with E-state index in [1.807, 2.05) is 0 Å². The molecule has 0 fully saturated rings. The van der Waals surface area contributed by atoms with Gasteiger partial charge in [0.15, 0.2) is 0 Å². The quantitative estimate of drug-likeness (QED) is 0.677. The molecular formula is C12H23N3. The Morgan fingerprint density at radius 2 is 1.93 bits per heavy atom. The van der Waals surface area contributed by atoms with Crippen molar-refractivity contribution in [3.63, 3.8) is 0 Å². The van der Waals surface area contributed by atoms with E-state index in [9.17, 15) is 0 Å². The molecule has 15 heavy (non-hydrogen) atoms. The summed E-state index contributed by atoms with van der Waals surface area (Å²) < 4.78 is 0. The summed E-state index contributed by atoms with van der Waals surface area (Å²) >= 11 is 0. The number of nitrogens with one attached hydrogen (secondary N) is 1. The van der Waals surface area contributed by atoms with Gasteiger partial charge in [-0.25, -0.2) is 4.98 Å². The average molecular weight is 209 g/mol. The lowest BCUT2D eigenvalue weighted by molar-refractivity contribution is 0.637. The molecule has 0 amide bonds. The number of unbranched alkanes of at least 4 members (excludes halogenated alkanes) is 3. The van der Waals surface area contributed by atoms with Gasteiger partial charge in [0.1, 0.15) is 5.82 Å². The van der Waals surface area contributed by atoms with Gasteiger partial charge in [0.05, 0.1) is 5.69 Å². The summed E-state index contributed by atoms with van der Waals surface area (Å²) in [5.74, 6) is 1.15. The van der Waals surface area contributed by atoms with E-state index in [1.54, 1.807) is 0 Å². The van der Waals surface area contributed by atoms with Crippen LogP contribution in [0.5, 0.6) is 0 Å². The normalized spacial score (nSPS) is 10.9. The van der Waals surface area contributed by atoms with Crippen molar-refractivity contribution in [1.82, 2.24) is 9.97 Å². The zero-order valence-electron chi connectivity index (χ0n) is 9.97. The minimum Gasteiger partial charge on any atom is -0.346 e. The summed E-state index contributed by atoms with van der Waals surface area (Å²) in [4.78, 5) is 7.92. The van der Waals surface area contributed by atoms with Gasteiger partial charge in [-0.1, -0.05) is 19.8 Å². The molecule has 1 aromatic heterocycles. The van der Waals surface area contributed by atoms with Crippen LogP contribution in [0.25, 0.3) is 0 Å². The first kappa shape index (κ1) is 12.2. The highest BCUT2D eigenvalue weighted by Crippen LogP contribution is 2.09. The molecule has 1 rings (SSSR count). The van der Waals surface area contributed by atoms with E-state index in [0.29, 0.717) is 0 Å². The summed E-state index contributed by atoms with van der Waals surface area (Å²) in [5, 5.41) is 0. The van der Waals surface area contributed by atoms with E-state index >= 15 is 0 Å². The first-order valence-corrected chi connectivity index (χ1v) is 6.02. The molecule has 0 aromatic carbocycles. The van der Waals surface area contributed by atoms with Gasteiger partial charge in [-0.2, -0.15) is 0 Å². The third kappa shape index (κ3) is 4.04. The predicted octanol–water partition coefficient (Wildman–Crippen LogP) is 2.34. The summed E-state index contributed by atoms with van der Waals surface area (Å²) in [6.45, 7) is 5.07. The molecule has 0 aliphatic heterocycles. The lowest BCUT2D eigenvalue weighted by Crippen LogP contribution is -1.98. The van der Waals surface area contributed by atoms with Crippen LogP contribution < -0.4 is 5.73 Å². The zero-order chi connectivity index (χ0) is 11.1. The summed E-state index contributed by atoms with van der Waals surface area (Å²) in [7, 11) is 0. The van der Waals surface area contributed by atoms with Gasteiger partial charge in [-0.3, -0.25) is 0 Å². The number of hydrogen-bond donors (Lipinski definition) is 2. The van der Waals surface area contributed by atoms with Gasteiger partial charge < -0.3 is 10.7 Å². The smallest absolute Gasteiger partial charge is 0.106 e. The van der Waals surface area contributed by atoms with Crippen molar-refractivity contribution >= 4 is 0 Å². The van der Waals surface area contributed by atoms with Gasteiger partial charge in [-0.15, -0.1) is 0 Å². The number of aromatic amines is 1. The maximum absolute atomic E-state index is 5.44. The molecule has 0 aliphatic carbocycles. The van der Waals surface area contributed by atoms with Gasteiger partial charge in [0.2, 0.25) is 0 Å². The van der Waals surface area contributed by atoms with Gasteiger partial charge in [0.25, 0.3) is 0 Å². The second kappa shape index (κ2) is 6.62. The Bertz CT molecular complexity index is 278. The van der Waals surface area contributed by atoms with E-state index in [1.165, 1.54) is 30.7 Å². The van der Waals surface area contributed by atoms with Crippen LogP contribution in [0.3, 0.4) is 0 Å². The van der Waals surface area contributed by atoms with Crippen LogP contribution in [0.4, 0.5) is 0 Å². The SMILES string of the molecule is CCc1nc(CCCCCCN)[nH]c1C. The number of rotatable bonds is 7. The molecule has 0 radical (unpaired) electrons. The van der Waals surface area contributed by atoms with Crippen LogP contribution in [0.2, 0.25) is 0 Å². The molecule has 3 N–H and O–H groups in total. The summed E-state index contributed by atoms with van der Waals surface area (Å²) in [6, 6.07) is 0. The minimum atomic E-state index is 0.819. The number of nitrogens with two attached hydrogens (primary N) is 1. The van der Waals surface area contributed by atoms with Crippen LogP contribution in [-0.4, -0.2) is 16.5 Å². The van der Waals surface area contributed by atoms with E-state index < -0.39 is 0 Å². The Labute approximate surface area is 92.5 Å². The first-order chi connectivity index (χ1) is 7.27. The molecule has 0 saturated heterocycles. The molecule has 0 bridgehead atoms. The molecule has 86 valence electrons. The fraction of sp³-hybridized carbons (Fsp3) is 0.750. The molecule has 1 aromatic rings. The maximum atomic E-state index is 5.44. The average Bonchev–Trinajstić information content (AvgIpc) is 2.59.